The summed E-state index contributed by atoms with van der Waals surface area (Å²) >= 11 is 0. The second-order valence-electron chi connectivity index (χ2n) is 24.2. The van der Waals surface area contributed by atoms with Gasteiger partial charge in [0.05, 0.1) is 64.7 Å². The fourth-order valence-electron chi connectivity index (χ4n) is 12.7. The maximum absolute atomic E-state index is 14.4. The van der Waals surface area contributed by atoms with Gasteiger partial charge in [-0.15, -0.1) is 0 Å². The third kappa shape index (κ3) is 15.3. The molecule has 5 aliphatic heterocycles. The zero-order valence-corrected chi connectivity index (χ0v) is 58.4. The third-order valence-corrected chi connectivity index (χ3v) is 22.1. The zero-order chi connectivity index (χ0) is 74.4. The number of aliphatic hydroxyl groups excluding tert-OH is 1. The lowest BCUT2D eigenvalue weighted by Crippen LogP contribution is -2.32. The molecule has 0 radical (unpaired) electrons. The molecule has 5 saturated heterocycles. The van der Waals surface area contributed by atoms with Gasteiger partial charge in [0.15, 0.2) is 57.3 Å². The van der Waals surface area contributed by atoms with Crippen molar-refractivity contribution in [2.24, 2.45) is 0 Å². The van der Waals surface area contributed by atoms with E-state index in [2.05, 4.69) is 74.8 Å². The molecule has 56 heteroatoms. The molecule has 4 unspecified atom stereocenters. The minimum absolute atomic E-state index is 0.00830. The molecule has 10 aromatic heterocycles. The van der Waals surface area contributed by atoms with Gasteiger partial charge >= 0.3 is 39.1 Å². The van der Waals surface area contributed by atoms with Gasteiger partial charge in [-0.2, -0.15) is 0 Å². The lowest BCUT2D eigenvalue weighted by Gasteiger charge is -2.26. The van der Waals surface area contributed by atoms with Crippen LogP contribution in [0.4, 0.5) is 29.1 Å². The number of hydrogen-bond acceptors (Lipinski definition) is 40. The largest absolute Gasteiger partial charge is 0.472 e. The number of hydrogen-bond donors (Lipinski definition) is 12. The summed E-state index contributed by atoms with van der Waals surface area (Å²) < 4.78 is 156. The van der Waals surface area contributed by atoms with E-state index in [0.29, 0.717) is 0 Å². The summed E-state index contributed by atoms with van der Waals surface area (Å²) in [6, 6.07) is 0. The van der Waals surface area contributed by atoms with E-state index in [1.165, 1.54) is 60.8 Å². The number of phosphoric ester groups is 5. The van der Waals surface area contributed by atoms with E-state index < -0.39 is 164 Å². The van der Waals surface area contributed by atoms with Crippen LogP contribution in [-0.2, 0) is 87.2 Å². The van der Waals surface area contributed by atoms with Gasteiger partial charge < -0.3 is 86.8 Å². The zero-order valence-electron chi connectivity index (χ0n) is 54.0. The Bertz CT molecular complexity index is 5190. The predicted molar refractivity (Wildman–Crippen MR) is 348 cm³/mol. The Kier molecular flexibility index (Phi) is 20.1. The lowest BCUT2D eigenvalue weighted by atomic mass is 10.2. The van der Waals surface area contributed by atoms with Gasteiger partial charge in [-0.25, -0.2) is 97.6 Å². The van der Waals surface area contributed by atoms with Crippen molar-refractivity contribution in [3.05, 3.63) is 63.3 Å². The molecule has 0 aromatic carbocycles. The number of rotatable bonds is 28. The number of nitrogens with two attached hydrogens (primary N) is 5. The minimum Gasteiger partial charge on any atom is -0.394 e. The number of nitrogens with zero attached hydrogens (tertiary/aromatic N) is 20. The monoisotopic (exact) mass is 1580 g/mol. The molecule has 17 N–H and O–H groups in total. The minimum atomic E-state index is -5.48. The molecule has 106 heavy (non-hydrogen) atoms. The van der Waals surface area contributed by atoms with Gasteiger partial charge in [0, 0.05) is 32.1 Å². The Hall–Kier alpha value is -7.94. The summed E-state index contributed by atoms with van der Waals surface area (Å²) in [5.41, 5.74) is 31.8. The van der Waals surface area contributed by atoms with Crippen molar-refractivity contribution in [2.45, 2.75) is 124 Å². The first kappa shape index (κ1) is 73.6. The Balaban J connectivity index is 0.642. The highest BCUT2D eigenvalue weighted by molar-refractivity contribution is 7.48. The van der Waals surface area contributed by atoms with Crippen LogP contribution in [0.5, 0.6) is 0 Å². The second kappa shape index (κ2) is 28.9. The normalized spacial score (nSPS) is 28.9. The molecule has 15 rings (SSSR count). The summed E-state index contributed by atoms with van der Waals surface area (Å²) in [4.78, 5) is 128. The van der Waals surface area contributed by atoms with Crippen molar-refractivity contribution >= 4 is 124 Å². The first-order valence-corrected chi connectivity index (χ1v) is 38.9. The Morgan fingerprint density at radius 2 is 0.538 bits per heavy atom. The molecule has 10 aromatic rings. The molecule has 0 bridgehead atoms. The molecule has 568 valence electrons. The number of nitrogen functional groups attached to an aromatic ring is 5. The number of aliphatic hydroxyl groups is 1. The Morgan fingerprint density at radius 3 is 0.755 bits per heavy atom. The van der Waals surface area contributed by atoms with Crippen LogP contribution >= 0.6 is 39.1 Å². The van der Waals surface area contributed by atoms with E-state index in [1.54, 1.807) is 0 Å². The van der Waals surface area contributed by atoms with Gasteiger partial charge in [-0.3, -0.25) is 63.5 Å². The maximum atomic E-state index is 14.4. The van der Waals surface area contributed by atoms with Crippen LogP contribution in [0.3, 0.4) is 0 Å². The number of phosphoric acid groups is 5. The van der Waals surface area contributed by atoms with Crippen molar-refractivity contribution in [1.82, 2.24) is 97.6 Å². The fourth-order valence-corrected chi connectivity index (χ4v) is 17.1. The average molecular weight is 1580 g/mol. The van der Waals surface area contributed by atoms with Crippen LogP contribution in [0.15, 0.2) is 63.3 Å². The molecule has 0 saturated carbocycles. The lowest BCUT2D eigenvalue weighted by molar-refractivity contribution is -0.0631. The number of fused-ring (bicyclic) bond motifs is 5. The van der Waals surface area contributed by atoms with Crippen molar-refractivity contribution < 1.29 is 122 Å². The Morgan fingerprint density at radius 1 is 0.330 bits per heavy atom. The average Bonchev–Trinajstić information content (AvgIpc) is 1.65. The summed E-state index contributed by atoms with van der Waals surface area (Å²) in [6.07, 6.45) is -9.87. The number of ether oxygens (including phenoxy) is 5. The molecule has 5 aliphatic rings. The van der Waals surface area contributed by atoms with Crippen LogP contribution in [0.2, 0.25) is 0 Å². The smallest absolute Gasteiger partial charge is 0.394 e. The molecule has 19 atom stereocenters. The van der Waals surface area contributed by atoms with Crippen LogP contribution < -0.4 is 28.7 Å². The Labute approximate surface area is 590 Å². The molecule has 15 heterocycles. The van der Waals surface area contributed by atoms with Gasteiger partial charge in [0.25, 0.3) is 0 Å². The molecular weight excluding hydrogens is 1520 g/mol. The SMILES string of the molecule is Nc1ncnc2c1ncn2[C@H]1C[C@H](OP(=O)(O)O)[C@@H](COP(=O)(O)O[C@H]2C[C@H](n3cnc4c(N)ncnc43)O[C@@H]2COP(=O)(O)O[C@H]2C[C@H](n3cnc4c(N)ncnc43)O[C@@H]2COP(=O)(O)O[C@H]2C[C@H](n3cnc4c(N)ncnc43)O[C@@H]2COP(=O)(O)O[C@H]2C[C@H](n3cnc4c(N)ncnc43)O[C@@H]2CO)O1. The van der Waals surface area contributed by atoms with E-state index in [-0.39, 0.29) is 117 Å². The first-order valence-electron chi connectivity index (χ1n) is 31.4. The summed E-state index contributed by atoms with van der Waals surface area (Å²) in [5.74, 6) is 0.0204. The van der Waals surface area contributed by atoms with E-state index in [1.807, 2.05) is 0 Å². The second-order valence-corrected chi connectivity index (χ2v) is 31.0. The highest BCUT2D eigenvalue weighted by Gasteiger charge is 2.51. The molecule has 51 nitrogen and oxygen atoms in total. The van der Waals surface area contributed by atoms with Gasteiger partial charge in [-0.1, -0.05) is 0 Å². The first-order chi connectivity index (χ1) is 50.5. The maximum Gasteiger partial charge on any atom is 0.472 e. The highest BCUT2D eigenvalue weighted by Crippen LogP contribution is 2.56. The molecular formula is C50H62N25O26P5. The van der Waals surface area contributed by atoms with Crippen LogP contribution in [0.1, 0.15) is 63.2 Å². The van der Waals surface area contributed by atoms with Crippen LogP contribution in [0.25, 0.3) is 55.8 Å². The van der Waals surface area contributed by atoms with Crippen LogP contribution in [-0.4, -0.2) is 226 Å². The summed E-state index contributed by atoms with van der Waals surface area (Å²) in [5, 5.41) is 10.3. The van der Waals surface area contributed by atoms with Gasteiger partial charge in [-0.05, 0) is 0 Å². The topological polar surface area (TPSA) is 704 Å². The molecule has 0 aliphatic carbocycles. The van der Waals surface area contributed by atoms with Crippen molar-refractivity contribution in [3.8, 4) is 0 Å². The van der Waals surface area contributed by atoms with Crippen molar-refractivity contribution in [3.63, 3.8) is 0 Å². The highest BCUT2D eigenvalue weighted by atomic mass is 31.2. The van der Waals surface area contributed by atoms with E-state index in [4.69, 9.17) is 93.1 Å². The molecule has 5 fully saturated rings. The molecule has 0 amide bonds. The fraction of sp³-hybridized carbons (Fsp3) is 0.500. The van der Waals surface area contributed by atoms with Crippen LogP contribution in [0, 0.1) is 0 Å². The molecule has 0 spiro atoms. The van der Waals surface area contributed by atoms with Crippen molar-refractivity contribution in [1.29, 1.82) is 0 Å². The number of aromatic nitrogens is 20. The summed E-state index contributed by atoms with van der Waals surface area (Å²) in [6.45, 7) is -4.41. The van der Waals surface area contributed by atoms with E-state index >= 15 is 0 Å². The van der Waals surface area contributed by atoms with Gasteiger partial charge in [0.1, 0.15) is 151 Å². The van der Waals surface area contributed by atoms with E-state index in [9.17, 15) is 57.3 Å². The van der Waals surface area contributed by atoms with Crippen molar-refractivity contribution in [2.75, 3.05) is 61.7 Å². The quantitative estimate of drug-likeness (QED) is 0.0287. The standard InChI is InChI=1S/C50H62N25O26P5/c51-41-36-46(61-11-56-41)71(16-66-36)31-1-21(26(6-76)92-31)98-103(80,81)89-8-28-23(3-33(94-28)73-18-68-38-43(53)58-13-63-48(38)73)100-105(84,85)91-10-30-25(5-35(96-30)75-20-70-40-45(55)60-15-65-50(40)75)101-106(86,87)90-9-29-24(4-34(95-29)74-19-69-39-44(54)59-14-64-49(39)74)99-104(82,83)88-7-27-22(97-102(77,78)79)2-32(93-27)72-17-67-37-42(52)57-12-62-47(37)72/h11-35,76H,1-10H2,(H,80,81)(H,82,83)(H,84,85)(H,86,87)(H2,51,56,61)(H2,52,57,62)(H2,53,58,63)(H2,54,59,64)(H2,55,60,65)(H2,77,78,79)/t21-,22-,23-,24-,25-,26+,27+,28+,29+,30+,31+,32+,33+,34+,35+/m0/s1. The third-order valence-electron chi connectivity index (χ3n) is 17.5. The number of imidazole rings is 5. The van der Waals surface area contributed by atoms with E-state index in [0.717, 1.165) is 25.3 Å². The summed E-state index contributed by atoms with van der Waals surface area (Å²) in [7, 11) is -26.7. The predicted octanol–water partition coefficient (Wildman–Crippen LogP) is 0.0134. The number of anilines is 5. The van der Waals surface area contributed by atoms with Gasteiger partial charge in [0.2, 0.25) is 0 Å².